The van der Waals surface area contributed by atoms with E-state index in [2.05, 4.69) is 74.9 Å². The van der Waals surface area contributed by atoms with Gasteiger partial charge in [-0.2, -0.15) is 4.57 Å². The number of rotatable bonds is 3. The monoisotopic (exact) mass is 460 g/mol. The number of aryl methyl sites for hydroxylation is 2. The van der Waals surface area contributed by atoms with Gasteiger partial charge in [-0.1, -0.05) is 68.4 Å². The van der Waals surface area contributed by atoms with Crippen molar-refractivity contribution in [2.24, 2.45) is 7.05 Å². The Morgan fingerprint density at radius 1 is 0.743 bits per heavy atom. The van der Waals surface area contributed by atoms with Crippen LogP contribution in [-0.4, -0.2) is 0 Å². The first-order chi connectivity index (χ1) is 17.0. The molecule has 0 spiro atoms. The van der Waals surface area contributed by atoms with Crippen LogP contribution in [0.5, 0.6) is 0 Å². The van der Waals surface area contributed by atoms with E-state index in [1.807, 2.05) is 36.4 Å². The highest BCUT2D eigenvalue weighted by atomic mass is 19.1. The van der Waals surface area contributed by atoms with Gasteiger partial charge in [0.25, 0.3) is 0 Å². The van der Waals surface area contributed by atoms with Crippen LogP contribution in [-0.2, 0) is 7.05 Å². The summed E-state index contributed by atoms with van der Waals surface area (Å²) in [4.78, 5) is 0. The van der Waals surface area contributed by atoms with Crippen LogP contribution in [0, 0.1) is 12.7 Å². The number of hydrogen-bond acceptors (Lipinski definition) is 1. The topological polar surface area (TPSA) is 17.0 Å². The molecule has 0 saturated heterocycles. The summed E-state index contributed by atoms with van der Waals surface area (Å²) in [6.07, 6.45) is 0. The van der Waals surface area contributed by atoms with Crippen LogP contribution in [0.25, 0.3) is 55.2 Å². The van der Waals surface area contributed by atoms with Crippen molar-refractivity contribution in [1.29, 1.82) is 0 Å². The summed E-state index contributed by atoms with van der Waals surface area (Å²) in [5, 5.41) is 3.18. The van der Waals surface area contributed by atoms with Crippen molar-refractivity contribution in [3.63, 3.8) is 0 Å². The zero-order chi connectivity index (χ0) is 24.3. The molecule has 0 saturated carbocycles. The number of hydrogen-bond donors (Lipinski definition) is 0. The average molecular weight is 461 g/mol. The molecule has 0 atom stereocenters. The van der Waals surface area contributed by atoms with Crippen LogP contribution >= 0.6 is 0 Å². The fourth-order valence-corrected chi connectivity index (χ4v) is 5.35. The minimum atomic E-state index is -0.278. The van der Waals surface area contributed by atoms with Crippen molar-refractivity contribution < 1.29 is 13.4 Å². The van der Waals surface area contributed by atoms with Gasteiger partial charge in [0, 0.05) is 28.3 Å². The van der Waals surface area contributed by atoms with Crippen molar-refractivity contribution in [3.05, 3.63) is 102 Å². The van der Waals surface area contributed by atoms with Gasteiger partial charge in [0.15, 0.2) is 0 Å². The molecule has 0 amide bonds. The highest BCUT2D eigenvalue weighted by molar-refractivity contribution is 6.13. The molecule has 0 aliphatic rings. The average Bonchev–Trinajstić information content (AvgIpc) is 3.23. The van der Waals surface area contributed by atoms with E-state index in [9.17, 15) is 0 Å². The van der Waals surface area contributed by atoms with Gasteiger partial charge in [0.05, 0.1) is 11.1 Å². The second-order valence-corrected chi connectivity index (χ2v) is 9.62. The number of benzene rings is 4. The SMILES string of the molecule is Cc1ccc2c(oc3c(-c4ccccc4)c(F)ccc32)c1-c1cc(C(C)C)c2ccccc2[n+]1C. The van der Waals surface area contributed by atoms with E-state index in [1.54, 1.807) is 6.07 Å². The number of nitrogens with zero attached hydrogens (tertiary/aromatic N) is 1. The molecule has 2 heterocycles. The zero-order valence-corrected chi connectivity index (χ0v) is 20.4. The molecule has 0 N–H and O–H groups in total. The lowest BCUT2D eigenvalue weighted by Gasteiger charge is -2.13. The van der Waals surface area contributed by atoms with Crippen LogP contribution in [0.3, 0.4) is 0 Å². The molecule has 2 aromatic heterocycles. The van der Waals surface area contributed by atoms with Gasteiger partial charge < -0.3 is 4.42 Å². The van der Waals surface area contributed by atoms with Gasteiger partial charge in [0.2, 0.25) is 11.2 Å². The lowest BCUT2D eigenvalue weighted by Crippen LogP contribution is -2.33. The fraction of sp³-hybridized carbons (Fsp3) is 0.156. The molecule has 6 rings (SSSR count). The molecule has 6 aromatic rings. The van der Waals surface area contributed by atoms with Crippen molar-refractivity contribution in [2.45, 2.75) is 26.7 Å². The Morgan fingerprint density at radius 3 is 2.14 bits per heavy atom. The highest BCUT2D eigenvalue weighted by Gasteiger charge is 2.26. The first kappa shape index (κ1) is 21.5. The fourth-order valence-electron chi connectivity index (χ4n) is 5.35. The number of furan rings is 1. The van der Waals surface area contributed by atoms with E-state index < -0.39 is 0 Å². The van der Waals surface area contributed by atoms with Crippen LogP contribution in [0.2, 0.25) is 0 Å². The van der Waals surface area contributed by atoms with Gasteiger partial charge in [-0.25, -0.2) is 4.39 Å². The van der Waals surface area contributed by atoms with Crippen LogP contribution in [0.4, 0.5) is 4.39 Å². The molecular weight excluding hydrogens is 433 g/mol. The second-order valence-electron chi connectivity index (χ2n) is 9.62. The highest BCUT2D eigenvalue weighted by Crippen LogP contribution is 2.42. The molecular formula is C32H27FNO+. The smallest absolute Gasteiger partial charge is 0.217 e. The zero-order valence-electron chi connectivity index (χ0n) is 20.4. The summed E-state index contributed by atoms with van der Waals surface area (Å²) in [5.41, 5.74) is 8.45. The molecule has 0 unspecified atom stereocenters. The third kappa shape index (κ3) is 3.26. The van der Waals surface area contributed by atoms with E-state index in [1.165, 1.54) is 16.5 Å². The maximum Gasteiger partial charge on any atom is 0.217 e. The van der Waals surface area contributed by atoms with Crippen LogP contribution < -0.4 is 4.57 Å². The maximum absolute atomic E-state index is 15.2. The minimum Gasteiger partial charge on any atom is -0.454 e. The van der Waals surface area contributed by atoms with Crippen molar-refractivity contribution in [1.82, 2.24) is 0 Å². The number of para-hydroxylation sites is 1. The Morgan fingerprint density at radius 2 is 1.40 bits per heavy atom. The van der Waals surface area contributed by atoms with Gasteiger partial charge in [-0.05, 0) is 47.7 Å². The third-order valence-corrected chi connectivity index (χ3v) is 7.14. The summed E-state index contributed by atoms with van der Waals surface area (Å²) < 4.78 is 24.0. The molecule has 0 aliphatic carbocycles. The molecule has 35 heavy (non-hydrogen) atoms. The second kappa shape index (κ2) is 8.06. The van der Waals surface area contributed by atoms with Gasteiger partial charge in [-0.15, -0.1) is 0 Å². The van der Waals surface area contributed by atoms with E-state index in [0.717, 1.165) is 38.7 Å². The molecule has 0 fully saturated rings. The van der Waals surface area contributed by atoms with Gasteiger partial charge in [0.1, 0.15) is 24.0 Å². The maximum atomic E-state index is 15.2. The molecule has 3 heteroatoms. The number of halogens is 1. The Hall–Kier alpha value is -3.98. The summed E-state index contributed by atoms with van der Waals surface area (Å²) >= 11 is 0. The Bertz CT molecular complexity index is 1750. The molecule has 172 valence electrons. The van der Waals surface area contributed by atoms with E-state index in [4.69, 9.17) is 4.42 Å². The molecule has 0 radical (unpaired) electrons. The summed E-state index contributed by atoms with van der Waals surface area (Å²) in [5.74, 6) is 0.0909. The largest absolute Gasteiger partial charge is 0.454 e. The molecule has 0 bridgehead atoms. The van der Waals surface area contributed by atoms with Crippen molar-refractivity contribution in [2.75, 3.05) is 0 Å². The van der Waals surface area contributed by atoms with Gasteiger partial charge >= 0.3 is 0 Å². The van der Waals surface area contributed by atoms with Crippen LogP contribution in [0.1, 0.15) is 30.9 Å². The van der Waals surface area contributed by atoms with Crippen LogP contribution in [0.15, 0.2) is 89.3 Å². The first-order valence-electron chi connectivity index (χ1n) is 12.1. The Balaban J connectivity index is 1.74. The van der Waals surface area contributed by atoms with E-state index in [0.29, 0.717) is 17.1 Å². The summed E-state index contributed by atoms with van der Waals surface area (Å²) in [6.45, 7) is 6.58. The molecule has 0 aliphatic heterocycles. The summed E-state index contributed by atoms with van der Waals surface area (Å²) in [7, 11) is 2.11. The van der Waals surface area contributed by atoms with Gasteiger partial charge in [-0.3, -0.25) is 0 Å². The van der Waals surface area contributed by atoms with Crippen molar-refractivity contribution in [3.8, 4) is 22.4 Å². The predicted molar refractivity (Wildman–Crippen MR) is 142 cm³/mol. The van der Waals surface area contributed by atoms with E-state index in [-0.39, 0.29) is 5.82 Å². The number of pyridine rings is 1. The standard InChI is InChI=1S/C32H27FNO/c1-19(2)25-18-28(34(4)27-13-9-8-12-22(25)27)29-20(3)14-15-23-24-16-17-26(33)30(32(24)35-31(23)29)21-10-6-5-7-11-21/h5-19H,1-4H3/q+1. The van der Waals surface area contributed by atoms with Crippen molar-refractivity contribution >= 4 is 32.8 Å². The number of fused-ring (bicyclic) bond motifs is 4. The minimum absolute atomic E-state index is 0.278. The lowest BCUT2D eigenvalue weighted by molar-refractivity contribution is -0.633. The first-order valence-corrected chi connectivity index (χ1v) is 12.1. The number of aromatic nitrogens is 1. The third-order valence-electron chi connectivity index (χ3n) is 7.14. The normalized spacial score (nSPS) is 11.8. The molecule has 2 nitrogen and oxygen atoms in total. The lowest BCUT2D eigenvalue weighted by atomic mass is 9.93. The molecule has 4 aromatic carbocycles. The predicted octanol–water partition coefficient (Wildman–Crippen LogP) is 8.47. The Kier molecular flexibility index (Phi) is 4.96. The summed E-state index contributed by atoms with van der Waals surface area (Å²) in [6, 6.07) is 28.1. The van der Waals surface area contributed by atoms with E-state index >= 15 is 4.39 Å². The Labute approximate surface area is 204 Å². The quantitative estimate of drug-likeness (QED) is 0.242.